The molecule has 0 bridgehead atoms. The predicted octanol–water partition coefficient (Wildman–Crippen LogP) is 5.04. The number of carbonyl (C=O) groups excluding carboxylic acids is 4. The summed E-state index contributed by atoms with van der Waals surface area (Å²) in [5, 5.41) is 2.53. The fourth-order valence-electron chi connectivity index (χ4n) is 4.75. The fourth-order valence-corrected chi connectivity index (χ4v) is 5.09. The molecule has 2 aromatic rings. The molecule has 8 heteroatoms. The number of hydrogen-bond donors (Lipinski definition) is 0. The van der Waals surface area contributed by atoms with Crippen molar-refractivity contribution in [3.05, 3.63) is 69.7 Å². The largest absolute Gasteiger partial charge is 0.292 e. The topological polar surface area (TPSA) is 74.8 Å². The van der Waals surface area contributed by atoms with Crippen molar-refractivity contribution in [1.29, 1.82) is 0 Å². The maximum absolute atomic E-state index is 13.7. The Kier molecular flexibility index (Phi) is 6.59. The third kappa shape index (κ3) is 4.30. The lowest BCUT2D eigenvalue weighted by molar-refractivity contribution is -0.156. The second kappa shape index (κ2) is 9.27. The summed E-state index contributed by atoms with van der Waals surface area (Å²) in [4.78, 5) is 53.8. The number of benzene rings is 2. The molecule has 4 rings (SSSR count). The summed E-state index contributed by atoms with van der Waals surface area (Å²) in [5.41, 5.74) is 0.424. The Labute approximate surface area is 202 Å². The van der Waals surface area contributed by atoms with E-state index in [4.69, 9.17) is 23.2 Å². The van der Waals surface area contributed by atoms with Gasteiger partial charge in [0.2, 0.25) is 0 Å². The Hall–Kier alpha value is -2.70. The Morgan fingerprint density at radius 1 is 0.970 bits per heavy atom. The van der Waals surface area contributed by atoms with E-state index in [2.05, 4.69) is 6.92 Å². The minimum atomic E-state index is -1.12. The highest BCUT2D eigenvalue weighted by atomic mass is 35.5. The molecule has 2 aliphatic rings. The van der Waals surface area contributed by atoms with Crippen LogP contribution in [-0.4, -0.2) is 39.6 Å². The quantitative estimate of drug-likeness (QED) is 0.438. The molecule has 1 aliphatic carbocycles. The van der Waals surface area contributed by atoms with Crippen LogP contribution in [0.25, 0.3) is 0 Å². The zero-order chi connectivity index (χ0) is 23.9. The van der Waals surface area contributed by atoms with Crippen LogP contribution in [0.5, 0.6) is 0 Å². The van der Waals surface area contributed by atoms with Crippen LogP contribution in [0, 0.1) is 17.8 Å². The zero-order valence-electron chi connectivity index (χ0n) is 18.3. The monoisotopic (exact) mass is 486 g/mol. The predicted molar refractivity (Wildman–Crippen MR) is 125 cm³/mol. The van der Waals surface area contributed by atoms with Crippen molar-refractivity contribution in [3.63, 3.8) is 0 Å². The van der Waals surface area contributed by atoms with Gasteiger partial charge in [0.05, 0.1) is 22.4 Å². The van der Waals surface area contributed by atoms with Gasteiger partial charge in [0.15, 0.2) is 5.78 Å². The molecule has 33 heavy (non-hydrogen) atoms. The van der Waals surface area contributed by atoms with Crippen LogP contribution in [0.1, 0.15) is 53.8 Å². The lowest BCUT2D eigenvalue weighted by Crippen LogP contribution is -2.56. The van der Waals surface area contributed by atoms with Crippen LogP contribution in [0.2, 0.25) is 10.0 Å². The third-order valence-corrected chi connectivity index (χ3v) is 7.15. The Morgan fingerprint density at radius 2 is 1.61 bits per heavy atom. The molecule has 4 atom stereocenters. The molecule has 2 fully saturated rings. The number of hydrogen-bond acceptors (Lipinski definition) is 4. The van der Waals surface area contributed by atoms with Gasteiger partial charge in [-0.2, -0.15) is 5.01 Å². The van der Waals surface area contributed by atoms with Gasteiger partial charge >= 0.3 is 0 Å². The molecule has 0 aromatic heterocycles. The lowest BCUT2D eigenvalue weighted by atomic mass is 9.76. The summed E-state index contributed by atoms with van der Waals surface area (Å²) in [6, 6.07) is 11.5. The summed E-state index contributed by atoms with van der Waals surface area (Å²) in [5.74, 6) is -2.63. The van der Waals surface area contributed by atoms with Crippen LogP contribution in [-0.2, 0) is 9.59 Å². The molecular weight excluding hydrogens is 463 g/mol. The van der Waals surface area contributed by atoms with Gasteiger partial charge in [0.25, 0.3) is 17.7 Å². The number of amides is 3. The van der Waals surface area contributed by atoms with E-state index in [1.165, 1.54) is 13.0 Å². The van der Waals surface area contributed by atoms with Crippen molar-refractivity contribution in [2.75, 3.05) is 0 Å². The van der Waals surface area contributed by atoms with E-state index in [-0.39, 0.29) is 10.6 Å². The van der Waals surface area contributed by atoms with E-state index in [1.54, 1.807) is 42.5 Å². The summed E-state index contributed by atoms with van der Waals surface area (Å²) < 4.78 is 0. The molecule has 1 heterocycles. The van der Waals surface area contributed by atoms with Crippen LogP contribution in [0.4, 0.5) is 0 Å². The van der Waals surface area contributed by atoms with Gasteiger partial charge in [0, 0.05) is 10.6 Å². The van der Waals surface area contributed by atoms with Crippen LogP contribution < -0.4 is 0 Å². The molecule has 1 saturated carbocycles. The molecule has 3 amide bonds. The molecule has 0 radical (unpaired) electrons. The van der Waals surface area contributed by atoms with Gasteiger partial charge in [-0.3, -0.25) is 19.2 Å². The summed E-state index contributed by atoms with van der Waals surface area (Å²) in [7, 11) is 0. The number of rotatable bonds is 5. The molecule has 172 valence electrons. The average molecular weight is 487 g/mol. The molecule has 1 saturated heterocycles. The number of nitrogens with zero attached hydrogens (tertiary/aromatic N) is 2. The first kappa shape index (κ1) is 23.5. The summed E-state index contributed by atoms with van der Waals surface area (Å²) >= 11 is 12.2. The van der Waals surface area contributed by atoms with E-state index in [0.717, 1.165) is 16.4 Å². The van der Waals surface area contributed by atoms with Crippen LogP contribution in [0.3, 0.4) is 0 Å². The van der Waals surface area contributed by atoms with Crippen molar-refractivity contribution in [2.45, 2.75) is 39.2 Å². The first-order chi connectivity index (χ1) is 15.7. The number of ketones is 1. The minimum absolute atomic E-state index is 0.110. The maximum Gasteiger partial charge on any atom is 0.275 e. The fraction of sp³-hybridized carbons (Fsp3) is 0.360. The molecule has 0 spiro atoms. The van der Waals surface area contributed by atoms with E-state index < -0.39 is 41.4 Å². The highest BCUT2D eigenvalue weighted by Gasteiger charge is 2.54. The SMILES string of the molecule is C[C@@H]1CC[C@@H]2C(=O)N(N(C(=O)c3ccccc3Cl)[C@@H](C)C(=O)c3ccc(Cl)cc3)C(=O)[C@@H]2C1. The molecule has 0 N–H and O–H groups in total. The van der Waals surface area contributed by atoms with E-state index in [1.807, 2.05) is 0 Å². The molecule has 0 unspecified atom stereocenters. The standard InChI is InChI=1S/C25H24Cl2N2O4/c1-14-7-12-18-20(13-14)25(33)29(23(18)31)28(24(32)19-5-3-4-6-21(19)27)15(2)22(30)16-8-10-17(26)11-9-16/h3-6,8-11,14-15,18,20H,7,12-13H2,1-2H3/t14-,15+,18+,20-/m1/s1. The first-order valence-corrected chi connectivity index (χ1v) is 11.7. The smallest absolute Gasteiger partial charge is 0.275 e. The third-order valence-electron chi connectivity index (χ3n) is 6.57. The minimum Gasteiger partial charge on any atom is -0.292 e. The van der Waals surface area contributed by atoms with Crippen LogP contribution in [0.15, 0.2) is 48.5 Å². The van der Waals surface area contributed by atoms with Gasteiger partial charge < -0.3 is 0 Å². The van der Waals surface area contributed by atoms with E-state index in [9.17, 15) is 19.2 Å². The highest BCUT2D eigenvalue weighted by molar-refractivity contribution is 6.34. The second-order valence-corrected chi connectivity index (χ2v) is 9.64. The lowest BCUT2D eigenvalue weighted by Gasteiger charge is -2.35. The van der Waals surface area contributed by atoms with Gasteiger partial charge in [-0.15, -0.1) is 0 Å². The average Bonchev–Trinajstić information content (AvgIpc) is 3.04. The molecule has 2 aromatic carbocycles. The van der Waals surface area contributed by atoms with Crippen molar-refractivity contribution in [2.24, 2.45) is 17.8 Å². The second-order valence-electron chi connectivity index (χ2n) is 8.80. The summed E-state index contributed by atoms with van der Waals surface area (Å²) in [6.45, 7) is 3.56. The van der Waals surface area contributed by atoms with Crippen molar-refractivity contribution in [1.82, 2.24) is 10.0 Å². The van der Waals surface area contributed by atoms with Crippen molar-refractivity contribution >= 4 is 46.7 Å². The number of halogens is 2. The number of hydrazine groups is 1. The maximum atomic E-state index is 13.7. The normalized spacial score (nSPS) is 23.3. The van der Waals surface area contributed by atoms with Crippen molar-refractivity contribution < 1.29 is 19.2 Å². The molecular formula is C25H24Cl2N2O4. The number of fused-ring (bicyclic) bond motifs is 1. The van der Waals surface area contributed by atoms with Crippen molar-refractivity contribution in [3.8, 4) is 0 Å². The van der Waals surface area contributed by atoms with Gasteiger partial charge in [-0.1, -0.05) is 42.3 Å². The van der Waals surface area contributed by atoms with Gasteiger partial charge in [-0.05, 0) is 68.5 Å². The number of Topliss-reactive ketones (excluding diaryl/α,β-unsaturated/α-hetero) is 1. The Bertz CT molecular complexity index is 1120. The highest BCUT2D eigenvalue weighted by Crippen LogP contribution is 2.42. The van der Waals surface area contributed by atoms with E-state index in [0.29, 0.717) is 29.3 Å². The Morgan fingerprint density at radius 3 is 2.27 bits per heavy atom. The first-order valence-electron chi connectivity index (χ1n) is 11.0. The molecule has 1 aliphatic heterocycles. The van der Waals surface area contributed by atoms with E-state index >= 15 is 0 Å². The zero-order valence-corrected chi connectivity index (χ0v) is 19.8. The number of imide groups is 1. The van der Waals surface area contributed by atoms with Crippen LogP contribution >= 0.6 is 23.2 Å². The summed E-state index contributed by atoms with van der Waals surface area (Å²) in [6.07, 6.45) is 2.01. The van der Waals surface area contributed by atoms with Gasteiger partial charge in [0.1, 0.15) is 6.04 Å². The van der Waals surface area contributed by atoms with Gasteiger partial charge in [-0.25, -0.2) is 5.01 Å². The Balaban J connectivity index is 1.76. The number of carbonyl (C=O) groups is 4. The molecule has 6 nitrogen and oxygen atoms in total.